The van der Waals surface area contributed by atoms with Gasteiger partial charge in [0.2, 0.25) is 21.8 Å². The van der Waals surface area contributed by atoms with Crippen LogP contribution in [-0.2, 0) is 26.2 Å². The normalized spacial score (nSPS) is 12.0. The summed E-state index contributed by atoms with van der Waals surface area (Å²) in [6.07, 6.45) is 1.06. The molecule has 0 aliphatic rings. The van der Waals surface area contributed by atoms with E-state index in [0.717, 1.165) is 21.7 Å². The van der Waals surface area contributed by atoms with Gasteiger partial charge in [0.1, 0.15) is 18.3 Å². The second-order valence-electron chi connectivity index (χ2n) is 7.55. The quantitative estimate of drug-likeness (QED) is 0.586. The molecule has 32 heavy (non-hydrogen) atoms. The first-order valence-corrected chi connectivity index (χ1v) is 12.2. The first kappa shape index (κ1) is 25.2. The van der Waals surface area contributed by atoms with Gasteiger partial charge in [-0.05, 0) is 56.2 Å². The number of carbonyl (C=O) groups excluding carboxylic acids is 2. The fourth-order valence-electron chi connectivity index (χ4n) is 3.23. The summed E-state index contributed by atoms with van der Waals surface area (Å²) in [6.45, 7) is 5.42. The van der Waals surface area contributed by atoms with Gasteiger partial charge >= 0.3 is 0 Å². The zero-order valence-corrected chi connectivity index (χ0v) is 20.0. The van der Waals surface area contributed by atoms with Gasteiger partial charge in [0.15, 0.2) is 0 Å². The van der Waals surface area contributed by atoms with E-state index in [1.54, 1.807) is 63.4 Å². The number of aryl methyl sites for hydroxylation is 1. The Kier molecular flexibility index (Phi) is 8.65. The van der Waals surface area contributed by atoms with Crippen LogP contribution in [-0.4, -0.2) is 57.6 Å². The van der Waals surface area contributed by atoms with E-state index < -0.39 is 28.5 Å². The van der Waals surface area contributed by atoms with Crippen molar-refractivity contribution in [2.45, 2.75) is 33.4 Å². The van der Waals surface area contributed by atoms with Crippen molar-refractivity contribution in [3.8, 4) is 5.75 Å². The fourth-order valence-corrected chi connectivity index (χ4v) is 4.07. The monoisotopic (exact) mass is 461 g/mol. The lowest BCUT2D eigenvalue weighted by molar-refractivity contribution is -0.139. The lowest BCUT2D eigenvalue weighted by Gasteiger charge is -2.31. The number of nitrogens with zero attached hydrogens (tertiary/aromatic N) is 2. The molecular formula is C23H31N3O5S. The third kappa shape index (κ3) is 6.71. The van der Waals surface area contributed by atoms with Gasteiger partial charge in [0.05, 0.1) is 19.1 Å². The third-order valence-electron chi connectivity index (χ3n) is 5.00. The van der Waals surface area contributed by atoms with Crippen LogP contribution in [0.2, 0.25) is 0 Å². The molecule has 0 spiro atoms. The zero-order valence-electron chi connectivity index (χ0n) is 19.2. The van der Waals surface area contributed by atoms with Crippen LogP contribution in [0.4, 0.5) is 5.69 Å². The van der Waals surface area contributed by atoms with Gasteiger partial charge in [0.25, 0.3) is 0 Å². The maximum Gasteiger partial charge on any atom is 0.244 e. The summed E-state index contributed by atoms with van der Waals surface area (Å²) in [6, 6.07) is 13.3. The Labute approximate surface area is 190 Å². The molecular weight excluding hydrogens is 430 g/mol. The smallest absolute Gasteiger partial charge is 0.244 e. The molecule has 9 heteroatoms. The highest BCUT2D eigenvalue weighted by Gasteiger charge is 2.29. The number of methoxy groups -OCH3 is 1. The predicted molar refractivity (Wildman–Crippen MR) is 125 cm³/mol. The molecule has 0 aliphatic carbocycles. The van der Waals surface area contributed by atoms with E-state index in [-0.39, 0.29) is 12.5 Å². The second kappa shape index (κ2) is 11.0. The molecule has 2 aromatic rings. The molecule has 2 rings (SSSR count). The molecule has 2 amide bonds. The van der Waals surface area contributed by atoms with Gasteiger partial charge in [-0.25, -0.2) is 8.42 Å². The number of ether oxygens (including phenoxy) is 1. The van der Waals surface area contributed by atoms with E-state index in [1.165, 1.54) is 4.90 Å². The van der Waals surface area contributed by atoms with Crippen LogP contribution in [0.25, 0.3) is 0 Å². The fraction of sp³-hybridized carbons (Fsp3) is 0.391. The highest BCUT2D eigenvalue weighted by atomic mass is 32.2. The minimum atomic E-state index is -3.73. The summed E-state index contributed by atoms with van der Waals surface area (Å²) < 4.78 is 31.2. The van der Waals surface area contributed by atoms with Crippen LogP contribution in [0, 0.1) is 6.92 Å². The number of anilines is 1. The number of sulfonamides is 1. The largest absolute Gasteiger partial charge is 0.497 e. The van der Waals surface area contributed by atoms with Crippen LogP contribution in [0.15, 0.2) is 48.5 Å². The molecule has 0 saturated heterocycles. The summed E-state index contributed by atoms with van der Waals surface area (Å²) in [5, 5.41) is 2.72. The summed E-state index contributed by atoms with van der Waals surface area (Å²) in [5.74, 6) is -0.117. The summed E-state index contributed by atoms with van der Waals surface area (Å²) in [4.78, 5) is 27.3. The SMILES string of the molecule is CCNC(=O)[C@@H](C)N(Cc1ccc(OC)cc1)C(=O)CN(c1cccc(C)c1)S(C)(=O)=O. The van der Waals surface area contributed by atoms with Gasteiger partial charge in [-0.2, -0.15) is 0 Å². The van der Waals surface area contributed by atoms with Crippen molar-refractivity contribution < 1.29 is 22.7 Å². The topological polar surface area (TPSA) is 96.0 Å². The van der Waals surface area contributed by atoms with Crippen LogP contribution in [0.1, 0.15) is 25.0 Å². The third-order valence-corrected chi connectivity index (χ3v) is 6.14. The molecule has 0 saturated carbocycles. The molecule has 0 unspecified atom stereocenters. The van der Waals surface area contributed by atoms with E-state index in [2.05, 4.69) is 5.32 Å². The van der Waals surface area contributed by atoms with E-state index in [1.807, 2.05) is 13.0 Å². The minimum absolute atomic E-state index is 0.145. The number of amides is 2. The molecule has 1 atom stereocenters. The van der Waals surface area contributed by atoms with Crippen LogP contribution in [0.5, 0.6) is 5.75 Å². The Morgan fingerprint density at radius 1 is 1.12 bits per heavy atom. The number of benzene rings is 2. The van der Waals surface area contributed by atoms with Gasteiger partial charge in [-0.1, -0.05) is 24.3 Å². The Morgan fingerprint density at radius 2 is 1.78 bits per heavy atom. The maximum absolute atomic E-state index is 13.4. The molecule has 0 fully saturated rings. The Balaban J connectivity index is 2.36. The van der Waals surface area contributed by atoms with Gasteiger partial charge in [0, 0.05) is 13.1 Å². The molecule has 1 N–H and O–H groups in total. The van der Waals surface area contributed by atoms with Crippen LogP contribution >= 0.6 is 0 Å². The zero-order chi connectivity index (χ0) is 23.9. The molecule has 0 aliphatic heterocycles. The molecule has 2 aromatic carbocycles. The summed E-state index contributed by atoms with van der Waals surface area (Å²) in [5.41, 5.74) is 2.06. The molecule has 8 nitrogen and oxygen atoms in total. The number of carbonyl (C=O) groups is 2. The Hall–Kier alpha value is -3.07. The van der Waals surface area contributed by atoms with Crippen molar-refractivity contribution >= 4 is 27.5 Å². The van der Waals surface area contributed by atoms with Crippen molar-refractivity contribution in [1.29, 1.82) is 0 Å². The number of rotatable bonds is 10. The van der Waals surface area contributed by atoms with Crippen LogP contribution < -0.4 is 14.4 Å². The predicted octanol–water partition coefficient (Wildman–Crippen LogP) is 2.32. The van der Waals surface area contributed by atoms with E-state index in [4.69, 9.17) is 4.74 Å². The van der Waals surface area contributed by atoms with Crippen molar-refractivity contribution in [2.24, 2.45) is 0 Å². The van der Waals surface area contributed by atoms with E-state index >= 15 is 0 Å². The molecule has 0 radical (unpaired) electrons. The Bertz CT molecular complexity index is 1040. The van der Waals surface area contributed by atoms with Crippen molar-refractivity contribution in [2.75, 3.05) is 30.8 Å². The average Bonchev–Trinajstić information content (AvgIpc) is 2.75. The number of likely N-dealkylation sites (N-methyl/N-ethyl adjacent to an activating group) is 1. The minimum Gasteiger partial charge on any atom is -0.497 e. The number of nitrogens with one attached hydrogen (secondary N) is 1. The summed E-state index contributed by atoms with van der Waals surface area (Å²) in [7, 11) is -2.17. The standard InChI is InChI=1S/C23H31N3O5S/c1-6-24-23(28)18(3)25(15-19-10-12-21(31-4)13-11-19)22(27)16-26(32(5,29)30)20-9-7-8-17(2)14-20/h7-14,18H,6,15-16H2,1-5H3,(H,24,28)/t18-/m1/s1. The second-order valence-corrected chi connectivity index (χ2v) is 9.46. The lowest BCUT2D eigenvalue weighted by Crippen LogP contribution is -2.51. The summed E-state index contributed by atoms with van der Waals surface area (Å²) >= 11 is 0. The highest BCUT2D eigenvalue weighted by Crippen LogP contribution is 2.20. The molecule has 174 valence electrons. The molecule has 0 bridgehead atoms. The first-order chi connectivity index (χ1) is 15.1. The van der Waals surface area contributed by atoms with Crippen molar-refractivity contribution in [1.82, 2.24) is 10.2 Å². The maximum atomic E-state index is 13.4. The average molecular weight is 462 g/mol. The van der Waals surface area contributed by atoms with Crippen LogP contribution in [0.3, 0.4) is 0 Å². The number of hydrogen-bond acceptors (Lipinski definition) is 5. The lowest BCUT2D eigenvalue weighted by atomic mass is 10.1. The first-order valence-electron chi connectivity index (χ1n) is 10.3. The Morgan fingerprint density at radius 3 is 2.31 bits per heavy atom. The van der Waals surface area contributed by atoms with Gasteiger partial charge in [-0.15, -0.1) is 0 Å². The number of hydrogen-bond donors (Lipinski definition) is 1. The van der Waals surface area contributed by atoms with Crippen molar-refractivity contribution in [3.05, 3.63) is 59.7 Å². The van der Waals surface area contributed by atoms with E-state index in [9.17, 15) is 18.0 Å². The van der Waals surface area contributed by atoms with E-state index in [0.29, 0.717) is 18.0 Å². The van der Waals surface area contributed by atoms with Gasteiger partial charge in [-0.3, -0.25) is 13.9 Å². The molecule has 0 aromatic heterocycles. The van der Waals surface area contributed by atoms with Crippen molar-refractivity contribution in [3.63, 3.8) is 0 Å². The van der Waals surface area contributed by atoms with Gasteiger partial charge < -0.3 is 15.0 Å². The highest BCUT2D eigenvalue weighted by molar-refractivity contribution is 7.92. The molecule has 0 heterocycles.